The molecular formula is C40H60ClNO10. The van der Waals surface area contributed by atoms with Crippen molar-refractivity contribution in [2.24, 2.45) is 11.8 Å². The minimum Gasteiger partial charge on any atom is -0.457 e. The van der Waals surface area contributed by atoms with E-state index < -0.39 is 53.4 Å². The second kappa shape index (κ2) is 19.6. The standard InChI is InChI=1S/C40H60ClNO10/c1-9-32(49-8)27(4)36-37(52-36)38(42(21-22-43)24-29-13-15-30(41)16-14-29)40(7,48)19-10-11-25(2)35-26(3)12-17-33(50-28(5)44)39(6,47)20-18-31(45)23-34(46)51-35/h10-17,19,26-27,31-33,35-38,43,45,47-48H,9,18,20-24H2,1-8H3. The first-order chi connectivity index (χ1) is 24.4. The van der Waals surface area contributed by atoms with Gasteiger partial charge in [-0.2, -0.15) is 0 Å². The number of cyclic esters (lactones) is 1. The minimum absolute atomic E-state index is 0.0227. The molecule has 11 unspecified atom stereocenters. The molecule has 292 valence electrons. The lowest BCUT2D eigenvalue weighted by Crippen LogP contribution is -2.54. The van der Waals surface area contributed by atoms with Gasteiger partial charge in [-0.1, -0.05) is 68.8 Å². The lowest BCUT2D eigenvalue weighted by atomic mass is 9.86. The van der Waals surface area contributed by atoms with E-state index in [1.165, 1.54) is 13.8 Å². The fourth-order valence-corrected chi connectivity index (χ4v) is 7.30. The maximum Gasteiger partial charge on any atom is 0.309 e. The zero-order chi connectivity index (χ0) is 38.8. The molecule has 0 aromatic heterocycles. The highest BCUT2D eigenvalue weighted by Crippen LogP contribution is 2.41. The summed E-state index contributed by atoms with van der Waals surface area (Å²) in [5.74, 6) is -1.51. The van der Waals surface area contributed by atoms with Crippen molar-refractivity contribution in [3.63, 3.8) is 0 Å². The van der Waals surface area contributed by atoms with Crippen molar-refractivity contribution in [3.05, 3.63) is 70.8 Å². The van der Waals surface area contributed by atoms with Crippen molar-refractivity contribution in [2.75, 3.05) is 20.3 Å². The number of ether oxygens (including phenoxy) is 4. The Morgan fingerprint density at radius 2 is 1.88 bits per heavy atom. The second-order valence-corrected chi connectivity index (χ2v) is 15.2. The van der Waals surface area contributed by atoms with Gasteiger partial charge in [0.2, 0.25) is 0 Å². The highest BCUT2D eigenvalue weighted by molar-refractivity contribution is 6.30. The first-order valence-corrected chi connectivity index (χ1v) is 18.6. The maximum atomic E-state index is 12.9. The van der Waals surface area contributed by atoms with E-state index in [0.29, 0.717) is 17.1 Å². The van der Waals surface area contributed by atoms with Gasteiger partial charge in [-0.3, -0.25) is 14.5 Å². The molecule has 2 heterocycles. The van der Waals surface area contributed by atoms with Crippen molar-refractivity contribution in [3.8, 4) is 0 Å². The molecule has 1 aromatic carbocycles. The van der Waals surface area contributed by atoms with E-state index in [0.717, 1.165) is 12.0 Å². The Hall–Kier alpha value is -2.61. The summed E-state index contributed by atoms with van der Waals surface area (Å²) in [6.45, 7) is 12.9. The van der Waals surface area contributed by atoms with Crippen LogP contribution in [0.2, 0.25) is 5.02 Å². The van der Waals surface area contributed by atoms with Crippen LogP contribution in [0.25, 0.3) is 0 Å². The lowest BCUT2D eigenvalue weighted by Gasteiger charge is -2.39. The zero-order valence-corrected chi connectivity index (χ0v) is 32.7. The fourth-order valence-electron chi connectivity index (χ4n) is 7.17. The topological polar surface area (TPSA) is 159 Å². The molecule has 0 bridgehead atoms. The number of esters is 2. The highest BCUT2D eigenvalue weighted by atomic mass is 35.5. The van der Waals surface area contributed by atoms with Crippen LogP contribution in [0.4, 0.5) is 0 Å². The number of aliphatic hydroxyl groups excluding tert-OH is 2. The van der Waals surface area contributed by atoms with Crippen molar-refractivity contribution >= 4 is 23.5 Å². The number of hydrogen-bond acceptors (Lipinski definition) is 11. The quantitative estimate of drug-likeness (QED) is 0.0836. The van der Waals surface area contributed by atoms with Crippen LogP contribution in [0, 0.1) is 11.8 Å². The number of methoxy groups -OCH3 is 1. The van der Waals surface area contributed by atoms with Gasteiger partial charge in [-0.05, 0) is 69.4 Å². The van der Waals surface area contributed by atoms with Crippen LogP contribution >= 0.6 is 11.6 Å². The smallest absolute Gasteiger partial charge is 0.309 e. The molecule has 1 aromatic rings. The molecule has 3 rings (SSSR count). The Bertz CT molecular complexity index is 1390. The average molecular weight is 750 g/mol. The predicted molar refractivity (Wildman–Crippen MR) is 199 cm³/mol. The van der Waals surface area contributed by atoms with Crippen LogP contribution in [-0.4, -0.2) is 111 Å². The monoisotopic (exact) mass is 749 g/mol. The van der Waals surface area contributed by atoms with Crippen molar-refractivity contribution in [2.45, 2.75) is 135 Å². The third kappa shape index (κ3) is 12.5. The highest BCUT2D eigenvalue weighted by Gasteiger charge is 2.56. The van der Waals surface area contributed by atoms with Gasteiger partial charge in [-0.25, -0.2) is 0 Å². The van der Waals surface area contributed by atoms with Crippen LogP contribution in [0.1, 0.15) is 79.7 Å². The summed E-state index contributed by atoms with van der Waals surface area (Å²) in [6.07, 6.45) is 5.88. The number of benzene rings is 1. The third-order valence-corrected chi connectivity index (χ3v) is 10.5. The summed E-state index contributed by atoms with van der Waals surface area (Å²) < 4.78 is 23.3. The van der Waals surface area contributed by atoms with Gasteiger partial charge in [0.05, 0.1) is 43.0 Å². The number of rotatable bonds is 15. The van der Waals surface area contributed by atoms with E-state index >= 15 is 0 Å². The summed E-state index contributed by atoms with van der Waals surface area (Å²) in [4.78, 5) is 26.8. The number of allylic oxidation sites excluding steroid dienone is 2. The van der Waals surface area contributed by atoms with Gasteiger partial charge in [0, 0.05) is 44.0 Å². The number of hydrogen-bond donors (Lipinski definition) is 4. The lowest BCUT2D eigenvalue weighted by molar-refractivity contribution is -0.157. The van der Waals surface area contributed by atoms with Crippen molar-refractivity contribution < 1.29 is 49.0 Å². The maximum absolute atomic E-state index is 12.9. The van der Waals surface area contributed by atoms with Crippen LogP contribution in [0.5, 0.6) is 0 Å². The second-order valence-electron chi connectivity index (χ2n) is 14.8. The summed E-state index contributed by atoms with van der Waals surface area (Å²) in [7, 11) is 1.69. The molecule has 0 saturated carbocycles. The molecule has 52 heavy (non-hydrogen) atoms. The Balaban J connectivity index is 1.96. The van der Waals surface area contributed by atoms with E-state index in [-0.39, 0.29) is 56.6 Å². The molecule has 11 atom stereocenters. The fraction of sp³-hybridized carbons (Fsp3) is 0.650. The molecule has 1 saturated heterocycles. The SMILES string of the molecule is CCC(OC)C(C)C1OC1C(N(CCO)Cc1ccc(Cl)cc1)C(C)(O)C=CC=C(C)C1OC(=O)CC(O)CCC(C)(O)C(OC(C)=O)C=CC1C. The molecule has 1 fully saturated rings. The molecule has 11 nitrogen and oxygen atoms in total. The summed E-state index contributed by atoms with van der Waals surface area (Å²) in [5.41, 5.74) is -1.31. The van der Waals surface area contributed by atoms with E-state index in [1.54, 1.807) is 51.3 Å². The molecular weight excluding hydrogens is 690 g/mol. The van der Waals surface area contributed by atoms with Crippen molar-refractivity contribution in [1.82, 2.24) is 4.90 Å². The summed E-state index contributed by atoms with van der Waals surface area (Å²) in [6, 6.07) is 6.89. The number of epoxide rings is 1. The van der Waals surface area contributed by atoms with Gasteiger partial charge in [0.25, 0.3) is 0 Å². The number of halogens is 1. The zero-order valence-electron chi connectivity index (χ0n) is 31.9. The summed E-state index contributed by atoms with van der Waals surface area (Å²) >= 11 is 6.15. The number of carbonyl (C=O) groups is 2. The van der Waals surface area contributed by atoms with Crippen LogP contribution in [0.3, 0.4) is 0 Å². The minimum atomic E-state index is -1.47. The average Bonchev–Trinajstić information content (AvgIpc) is 3.85. The largest absolute Gasteiger partial charge is 0.457 e. The number of aliphatic hydroxyl groups is 4. The van der Waals surface area contributed by atoms with Crippen LogP contribution in [0.15, 0.2) is 60.2 Å². The number of carbonyl (C=O) groups excluding carboxylic acids is 2. The summed E-state index contributed by atoms with van der Waals surface area (Å²) in [5, 5.41) is 44.6. The molecule has 0 amide bonds. The molecule has 2 aliphatic heterocycles. The van der Waals surface area contributed by atoms with Crippen molar-refractivity contribution in [1.29, 1.82) is 0 Å². The van der Waals surface area contributed by atoms with Gasteiger partial charge < -0.3 is 39.4 Å². The Morgan fingerprint density at radius 1 is 1.21 bits per heavy atom. The molecule has 0 aliphatic carbocycles. The van der Waals surface area contributed by atoms with E-state index in [4.69, 9.17) is 30.5 Å². The first-order valence-electron chi connectivity index (χ1n) is 18.2. The van der Waals surface area contributed by atoms with E-state index in [2.05, 4.69) is 13.8 Å². The third-order valence-electron chi connectivity index (χ3n) is 10.2. The molecule has 4 N–H and O–H groups in total. The van der Waals surface area contributed by atoms with Gasteiger partial charge in [0.1, 0.15) is 23.9 Å². The normalized spacial score (nSPS) is 30.5. The molecule has 2 aliphatic rings. The van der Waals surface area contributed by atoms with Gasteiger partial charge in [-0.15, -0.1) is 0 Å². The van der Waals surface area contributed by atoms with E-state index in [9.17, 15) is 30.0 Å². The Kier molecular flexibility index (Phi) is 16.5. The Morgan fingerprint density at radius 3 is 2.48 bits per heavy atom. The van der Waals surface area contributed by atoms with Crippen LogP contribution in [-0.2, 0) is 35.1 Å². The number of nitrogens with zero attached hydrogens (tertiary/aromatic N) is 1. The molecule has 0 spiro atoms. The van der Waals surface area contributed by atoms with E-state index in [1.807, 2.05) is 36.1 Å². The predicted octanol–water partition coefficient (Wildman–Crippen LogP) is 4.92. The molecule has 0 radical (unpaired) electrons. The van der Waals surface area contributed by atoms with Crippen LogP contribution < -0.4 is 0 Å². The first kappa shape index (κ1) is 43.8. The van der Waals surface area contributed by atoms with Gasteiger partial charge >= 0.3 is 11.9 Å². The Labute approximate surface area is 314 Å². The molecule has 12 heteroatoms. The van der Waals surface area contributed by atoms with Gasteiger partial charge in [0.15, 0.2) is 0 Å².